The van der Waals surface area contributed by atoms with Gasteiger partial charge >= 0.3 is 0 Å². The molecule has 4 heterocycles. The van der Waals surface area contributed by atoms with E-state index in [1.807, 2.05) is 24.7 Å². The molecule has 0 unspecified atom stereocenters. The Morgan fingerprint density at radius 3 is 3.04 bits per heavy atom. The molecule has 0 bridgehead atoms. The van der Waals surface area contributed by atoms with Crippen molar-refractivity contribution in [3.8, 4) is 0 Å². The molecule has 3 aromatic rings. The van der Waals surface area contributed by atoms with Crippen molar-refractivity contribution in [2.75, 3.05) is 26.3 Å². The van der Waals surface area contributed by atoms with Crippen molar-refractivity contribution in [1.29, 1.82) is 0 Å². The average molecular weight is 340 g/mol. The van der Waals surface area contributed by atoms with Crippen molar-refractivity contribution in [3.05, 3.63) is 66.3 Å². The maximum absolute atomic E-state index is 13.0. The SMILES string of the molecule is Fc1ccc(CN2CCOC[C@H](Cc3nccn4cccc34)C2)nc1. The van der Waals surface area contributed by atoms with Gasteiger partial charge in [-0.25, -0.2) is 4.39 Å². The number of aromatic nitrogens is 3. The van der Waals surface area contributed by atoms with Gasteiger partial charge in [-0.05, 0) is 30.7 Å². The predicted octanol–water partition coefficient (Wildman–Crippen LogP) is 2.56. The van der Waals surface area contributed by atoms with Gasteiger partial charge in [0.1, 0.15) is 5.82 Å². The van der Waals surface area contributed by atoms with E-state index in [1.165, 1.54) is 12.3 Å². The van der Waals surface area contributed by atoms with Gasteiger partial charge in [-0.2, -0.15) is 0 Å². The van der Waals surface area contributed by atoms with Crippen LogP contribution in [0, 0.1) is 11.7 Å². The Kier molecular flexibility index (Phi) is 4.72. The second kappa shape index (κ2) is 7.29. The summed E-state index contributed by atoms with van der Waals surface area (Å²) in [6.45, 7) is 3.93. The van der Waals surface area contributed by atoms with E-state index in [-0.39, 0.29) is 5.82 Å². The number of fused-ring (bicyclic) bond motifs is 1. The third-order valence-corrected chi connectivity index (χ3v) is 4.61. The molecule has 0 saturated carbocycles. The normalized spacial score (nSPS) is 19.2. The van der Waals surface area contributed by atoms with Crippen LogP contribution >= 0.6 is 0 Å². The van der Waals surface area contributed by atoms with Crippen LogP contribution in [-0.4, -0.2) is 45.6 Å². The number of pyridine rings is 1. The van der Waals surface area contributed by atoms with Crippen LogP contribution in [-0.2, 0) is 17.7 Å². The second-order valence-electron chi connectivity index (χ2n) is 6.52. The second-order valence-corrected chi connectivity index (χ2v) is 6.52. The van der Waals surface area contributed by atoms with Crippen molar-refractivity contribution in [2.24, 2.45) is 5.92 Å². The number of rotatable bonds is 4. The lowest BCUT2D eigenvalue weighted by Crippen LogP contribution is -2.31. The largest absolute Gasteiger partial charge is 0.380 e. The maximum Gasteiger partial charge on any atom is 0.141 e. The Balaban J connectivity index is 1.46. The molecule has 6 heteroatoms. The molecule has 5 nitrogen and oxygen atoms in total. The van der Waals surface area contributed by atoms with E-state index in [2.05, 4.69) is 25.3 Å². The van der Waals surface area contributed by atoms with E-state index in [9.17, 15) is 4.39 Å². The van der Waals surface area contributed by atoms with Gasteiger partial charge in [0.05, 0.1) is 36.3 Å². The molecule has 1 fully saturated rings. The van der Waals surface area contributed by atoms with Crippen LogP contribution in [0.5, 0.6) is 0 Å². The lowest BCUT2D eigenvalue weighted by Gasteiger charge is -2.23. The van der Waals surface area contributed by atoms with Gasteiger partial charge in [-0.3, -0.25) is 14.9 Å². The van der Waals surface area contributed by atoms with Crippen molar-refractivity contribution >= 4 is 5.52 Å². The quantitative estimate of drug-likeness (QED) is 0.732. The van der Waals surface area contributed by atoms with E-state index in [4.69, 9.17) is 4.74 Å². The molecule has 0 spiro atoms. The van der Waals surface area contributed by atoms with Crippen molar-refractivity contribution in [2.45, 2.75) is 13.0 Å². The molecule has 1 aliphatic rings. The first-order valence-corrected chi connectivity index (χ1v) is 8.59. The highest BCUT2D eigenvalue weighted by Crippen LogP contribution is 2.18. The molecule has 3 aromatic heterocycles. The van der Waals surface area contributed by atoms with Crippen LogP contribution in [0.1, 0.15) is 11.4 Å². The summed E-state index contributed by atoms with van der Waals surface area (Å²) >= 11 is 0. The van der Waals surface area contributed by atoms with Gasteiger partial charge in [0.2, 0.25) is 0 Å². The van der Waals surface area contributed by atoms with Crippen LogP contribution in [0.25, 0.3) is 5.52 Å². The lowest BCUT2D eigenvalue weighted by atomic mass is 10.0. The monoisotopic (exact) mass is 340 g/mol. The van der Waals surface area contributed by atoms with E-state index >= 15 is 0 Å². The van der Waals surface area contributed by atoms with Gasteiger partial charge in [-0.1, -0.05) is 0 Å². The topological polar surface area (TPSA) is 42.7 Å². The number of nitrogens with zero attached hydrogens (tertiary/aromatic N) is 4. The van der Waals surface area contributed by atoms with Crippen molar-refractivity contribution < 1.29 is 9.13 Å². The summed E-state index contributed by atoms with van der Waals surface area (Å²) in [5, 5.41) is 0. The summed E-state index contributed by atoms with van der Waals surface area (Å²) in [4.78, 5) is 11.1. The Hall–Kier alpha value is -2.31. The van der Waals surface area contributed by atoms with E-state index in [1.54, 1.807) is 6.07 Å². The summed E-state index contributed by atoms with van der Waals surface area (Å²) in [5.41, 5.74) is 3.13. The molecule has 0 amide bonds. The van der Waals surface area contributed by atoms with Gasteiger partial charge in [0.15, 0.2) is 0 Å². The zero-order valence-corrected chi connectivity index (χ0v) is 14.0. The molecule has 0 aliphatic carbocycles. The standard InChI is InChI=1S/C19H21FN4O/c20-16-3-4-17(22-11-16)13-23-8-9-25-14-15(12-23)10-18-19-2-1-6-24(19)7-5-21-18/h1-7,11,15H,8-10,12-14H2/t15-/m1/s1. The molecule has 1 aliphatic heterocycles. The third kappa shape index (κ3) is 3.86. The number of hydrogen-bond donors (Lipinski definition) is 0. The van der Waals surface area contributed by atoms with Crippen LogP contribution in [0.4, 0.5) is 4.39 Å². The molecule has 4 rings (SSSR count). The molecule has 25 heavy (non-hydrogen) atoms. The Labute approximate surface area is 146 Å². The first-order chi connectivity index (χ1) is 12.3. The van der Waals surface area contributed by atoms with Crippen molar-refractivity contribution in [1.82, 2.24) is 19.3 Å². The van der Waals surface area contributed by atoms with Crippen LogP contribution in [0.2, 0.25) is 0 Å². The maximum atomic E-state index is 13.0. The molecule has 0 aromatic carbocycles. The highest BCUT2D eigenvalue weighted by molar-refractivity contribution is 5.52. The summed E-state index contributed by atoms with van der Waals surface area (Å²) < 4.78 is 20.9. The van der Waals surface area contributed by atoms with Gasteiger partial charge in [-0.15, -0.1) is 0 Å². The van der Waals surface area contributed by atoms with Gasteiger partial charge in [0.25, 0.3) is 0 Å². The van der Waals surface area contributed by atoms with Crippen LogP contribution in [0.15, 0.2) is 49.1 Å². The van der Waals surface area contributed by atoms with Crippen LogP contribution in [0.3, 0.4) is 0 Å². The minimum atomic E-state index is -0.299. The molecular weight excluding hydrogens is 319 g/mol. The smallest absolute Gasteiger partial charge is 0.141 e. The highest BCUT2D eigenvalue weighted by atomic mass is 19.1. The lowest BCUT2D eigenvalue weighted by molar-refractivity contribution is 0.121. The first kappa shape index (κ1) is 16.2. The average Bonchev–Trinajstić information content (AvgIpc) is 3.00. The van der Waals surface area contributed by atoms with Crippen LogP contribution < -0.4 is 0 Å². The molecular formula is C19H21FN4O. The summed E-state index contributed by atoms with van der Waals surface area (Å²) in [7, 11) is 0. The molecule has 0 N–H and O–H groups in total. The van der Waals surface area contributed by atoms with E-state index < -0.39 is 0 Å². The molecule has 1 saturated heterocycles. The summed E-state index contributed by atoms with van der Waals surface area (Å²) in [6, 6.07) is 7.35. The Morgan fingerprint density at radius 2 is 2.16 bits per heavy atom. The number of ether oxygens (including phenoxy) is 1. The molecule has 1 atom stereocenters. The fourth-order valence-corrected chi connectivity index (χ4v) is 3.41. The third-order valence-electron chi connectivity index (χ3n) is 4.61. The number of hydrogen-bond acceptors (Lipinski definition) is 4. The van der Waals surface area contributed by atoms with Gasteiger partial charge < -0.3 is 9.14 Å². The Morgan fingerprint density at radius 1 is 1.20 bits per heavy atom. The van der Waals surface area contributed by atoms with Crippen molar-refractivity contribution in [3.63, 3.8) is 0 Å². The minimum absolute atomic E-state index is 0.299. The minimum Gasteiger partial charge on any atom is -0.380 e. The number of halogens is 1. The fourth-order valence-electron chi connectivity index (χ4n) is 3.41. The fraction of sp³-hybridized carbons (Fsp3) is 0.368. The first-order valence-electron chi connectivity index (χ1n) is 8.59. The Bertz CT molecular complexity index is 833. The van der Waals surface area contributed by atoms with Gasteiger partial charge in [0, 0.05) is 44.1 Å². The zero-order valence-electron chi connectivity index (χ0n) is 14.0. The molecule has 0 radical (unpaired) electrons. The predicted molar refractivity (Wildman–Crippen MR) is 92.7 cm³/mol. The van der Waals surface area contributed by atoms with E-state index in [0.717, 1.165) is 43.0 Å². The summed E-state index contributed by atoms with van der Waals surface area (Å²) in [6.07, 6.45) is 8.01. The van der Waals surface area contributed by atoms with E-state index in [0.29, 0.717) is 19.1 Å². The zero-order chi connectivity index (χ0) is 17.1. The highest BCUT2D eigenvalue weighted by Gasteiger charge is 2.21. The molecule has 130 valence electrons. The summed E-state index contributed by atoms with van der Waals surface area (Å²) in [5.74, 6) is 0.0729.